The first-order valence-electron chi connectivity index (χ1n) is 6.80. The van der Waals surface area contributed by atoms with Crippen molar-refractivity contribution < 1.29 is 13.9 Å². The first-order chi connectivity index (χ1) is 11.0. The number of ether oxygens (including phenoxy) is 1. The molecule has 6 nitrogen and oxygen atoms in total. The van der Waals surface area contributed by atoms with Crippen LogP contribution >= 0.6 is 15.9 Å². The molecule has 0 spiro atoms. The summed E-state index contributed by atoms with van der Waals surface area (Å²) in [5.74, 6) is -0.901. The van der Waals surface area contributed by atoms with Crippen molar-refractivity contribution >= 4 is 21.8 Å². The van der Waals surface area contributed by atoms with Crippen LogP contribution < -0.4 is 10.9 Å². The summed E-state index contributed by atoms with van der Waals surface area (Å²) in [5.41, 5.74) is 0.105. The summed E-state index contributed by atoms with van der Waals surface area (Å²) < 4.78 is 20.4. The molecule has 1 amide bonds. The number of nitrogens with one attached hydrogen (secondary N) is 1. The Morgan fingerprint density at radius 3 is 2.91 bits per heavy atom. The predicted molar refractivity (Wildman–Crippen MR) is 85.6 cm³/mol. The van der Waals surface area contributed by atoms with E-state index in [4.69, 9.17) is 4.74 Å². The number of aromatic nitrogens is 2. The minimum atomic E-state index is -0.490. The van der Waals surface area contributed by atoms with Gasteiger partial charge in [0.25, 0.3) is 11.5 Å². The summed E-state index contributed by atoms with van der Waals surface area (Å²) in [4.78, 5) is 23.7. The van der Waals surface area contributed by atoms with Gasteiger partial charge in [-0.15, -0.1) is 0 Å². The summed E-state index contributed by atoms with van der Waals surface area (Å²) >= 11 is 3.25. The van der Waals surface area contributed by atoms with Gasteiger partial charge in [0.2, 0.25) is 0 Å². The van der Waals surface area contributed by atoms with Crippen LogP contribution in [0.25, 0.3) is 0 Å². The number of hydrogen-bond donors (Lipinski definition) is 1. The number of halogens is 2. The van der Waals surface area contributed by atoms with Crippen molar-refractivity contribution in [2.24, 2.45) is 0 Å². The van der Waals surface area contributed by atoms with E-state index < -0.39 is 11.7 Å². The molecule has 0 saturated carbocycles. The van der Waals surface area contributed by atoms with E-state index in [-0.39, 0.29) is 24.3 Å². The van der Waals surface area contributed by atoms with E-state index in [1.54, 1.807) is 12.1 Å². The summed E-state index contributed by atoms with van der Waals surface area (Å²) in [6.07, 6.45) is 0. The van der Waals surface area contributed by atoms with Crippen LogP contribution in [0.1, 0.15) is 16.1 Å². The minimum absolute atomic E-state index is 0.0168. The fourth-order valence-corrected chi connectivity index (χ4v) is 2.26. The first kappa shape index (κ1) is 17.3. The molecule has 0 bridgehead atoms. The van der Waals surface area contributed by atoms with E-state index in [1.807, 2.05) is 0 Å². The number of hydrogen-bond acceptors (Lipinski definition) is 4. The third-order valence-corrected chi connectivity index (χ3v) is 3.55. The Morgan fingerprint density at radius 1 is 1.39 bits per heavy atom. The monoisotopic (exact) mass is 383 g/mol. The van der Waals surface area contributed by atoms with Gasteiger partial charge in [-0.3, -0.25) is 9.59 Å². The van der Waals surface area contributed by atoms with Crippen LogP contribution in [0, 0.1) is 5.82 Å². The lowest BCUT2D eigenvalue weighted by Crippen LogP contribution is -2.30. The fourth-order valence-electron chi connectivity index (χ4n) is 1.85. The van der Waals surface area contributed by atoms with E-state index in [0.29, 0.717) is 12.2 Å². The molecule has 0 unspecified atom stereocenters. The largest absolute Gasteiger partial charge is 0.383 e. The molecule has 2 rings (SSSR count). The van der Waals surface area contributed by atoms with Crippen molar-refractivity contribution in [1.82, 2.24) is 15.1 Å². The molecule has 8 heteroatoms. The average Bonchev–Trinajstić information content (AvgIpc) is 2.54. The Hall–Kier alpha value is -2.06. The SMILES string of the molecule is COCCn1nc(C(=O)NCc2cc(Br)ccc2F)ccc1=O. The predicted octanol–water partition coefficient (Wildman–Crippen LogP) is 1.72. The van der Waals surface area contributed by atoms with Crippen LogP contribution in [-0.2, 0) is 17.8 Å². The Kier molecular flexibility index (Phi) is 6.00. The number of carbonyl (C=O) groups excluding carboxylic acids is 1. The molecule has 0 aliphatic rings. The van der Waals surface area contributed by atoms with E-state index in [0.717, 1.165) is 9.15 Å². The van der Waals surface area contributed by atoms with Crippen molar-refractivity contribution in [3.05, 3.63) is 62.2 Å². The van der Waals surface area contributed by atoms with Gasteiger partial charge in [0.15, 0.2) is 0 Å². The number of methoxy groups -OCH3 is 1. The molecular formula is C15H15BrFN3O3. The molecule has 122 valence electrons. The molecule has 1 aromatic heterocycles. The van der Waals surface area contributed by atoms with Gasteiger partial charge in [-0.25, -0.2) is 9.07 Å². The highest BCUT2D eigenvalue weighted by atomic mass is 79.9. The summed E-state index contributed by atoms with van der Waals surface area (Å²) in [7, 11) is 1.51. The summed E-state index contributed by atoms with van der Waals surface area (Å²) in [5, 5.41) is 6.55. The maximum absolute atomic E-state index is 13.6. The molecule has 0 atom stereocenters. The summed E-state index contributed by atoms with van der Waals surface area (Å²) in [6, 6.07) is 7.07. The van der Waals surface area contributed by atoms with E-state index in [1.165, 1.54) is 25.3 Å². The van der Waals surface area contributed by atoms with Crippen molar-refractivity contribution in [3.8, 4) is 0 Å². The maximum atomic E-state index is 13.6. The van der Waals surface area contributed by atoms with Gasteiger partial charge in [0, 0.05) is 29.8 Å². The second kappa shape index (κ2) is 7.98. The highest BCUT2D eigenvalue weighted by Crippen LogP contribution is 2.15. The van der Waals surface area contributed by atoms with Gasteiger partial charge in [0.05, 0.1) is 13.2 Å². The smallest absolute Gasteiger partial charge is 0.271 e. The Balaban J connectivity index is 2.08. The fraction of sp³-hybridized carbons (Fsp3) is 0.267. The topological polar surface area (TPSA) is 73.2 Å². The Labute approximate surface area is 140 Å². The molecular weight excluding hydrogens is 369 g/mol. The zero-order valence-electron chi connectivity index (χ0n) is 12.4. The standard InChI is InChI=1S/C15H15BrFN3O3/c1-23-7-6-20-14(21)5-4-13(19-20)15(22)18-9-10-8-11(16)2-3-12(10)17/h2-5,8H,6-7,9H2,1H3,(H,18,22). The maximum Gasteiger partial charge on any atom is 0.271 e. The molecule has 0 aliphatic carbocycles. The van der Waals surface area contributed by atoms with Crippen molar-refractivity contribution in [3.63, 3.8) is 0 Å². The lowest BCUT2D eigenvalue weighted by Gasteiger charge is -2.08. The van der Waals surface area contributed by atoms with E-state index >= 15 is 0 Å². The molecule has 1 N–H and O–H groups in total. The van der Waals surface area contributed by atoms with E-state index in [2.05, 4.69) is 26.3 Å². The number of nitrogens with zero attached hydrogens (tertiary/aromatic N) is 2. The Bertz CT molecular complexity index is 764. The summed E-state index contributed by atoms with van der Waals surface area (Å²) in [6.45, 7) is 0.570. The van der Waals surface area contributed by atoms with Crippen LogP contribution in [0.3, 0.4) is 0 Å². The highest BCUT2D eigenvalue weighted by Gasteiger charge is 2.11. The van der Waals surface area contributed by atoms with Gasteiger partial charge in [0.1, 0.15) is 11.5 Å². The quantitative estimate of drug-likeness (QED) is 0.823. The molecule has 0 fully saturated rings. The molecule has 0 radical (unpaired) electrons. The minimum Gasteiger partial charge on any atom is -0.383 e. The second-order valence-electron chi connectivity index (χ2n) is 4.69. The second-order valence-corrected chi connectivity index (χ2v) is 5.61. The number of carbonyl (C=O) groups is 1. The van der Waals surface area contributed by atoms with E-state index in [9.17, 15) is 14.0 Å². The molecule has 23 heavy (non-hydrogen) atoms. The number of amides is 1. The average molecular weight is 384 g/mol. The van der Waals surface area contributed by atoms with Gasteiger partial charge >= 0.3 is 0 Å². The normalized spacial score (nSPS) is 10.6. The van der Waals surface area contributed by atoms with Crippen LogP contribution in [0.2, 0.25) is 0 Å². The lowest BCUT2D eigenvalue weighted by atomic mass is 10.2. The molecule has 0 saturated heterocycles. The first-order valence-corrected chi connectivity index (χ1v) is 7.60. The molecule has 1 aromatic carbocycles. The number of rotatable bonds is 6. The number of benzene rings is 1. The Morgan fingerprint density at radius 2 is 2.17 bits per heavy atom. The zero-order valence-corrected chi connectivity index (χ0v) is 14.0. The van der Waals surface area contributed by atoms with Crippen LogP contribution in [0.15, 0.2) is 39.6 Å². The highest BCUT2D eigenvalue weighted by molar-refractivity contribution is 9.10. The van der Waals surface area contributed by atoms with Crippen molar-refractivity contribution in [2.75, 3.05) is 13.7 Å². The zero-order chi connectivity index (χ0) is 16.8. The van der Waals surface area contributed by atoms with Gasteiger partial charge < -0.3 is 10.1 Å². The van der Waals surface area contributed by atoms with Gasteiger partial charge in [-0.05, 0) is 24.3 Å². The third-order valence-electron chi connectivity index (χ3n) is 3.05. The van der Waals surface area contributed by atoms with Crippen LogP contribution in [0.5, 0.6) is 0 Å². The van der Waals surface area contributed by atoms with Crippen LogP contribution in [0.4, 0.5) is 4.39 Å². The molecule has 0 aliphatic heterocycles. The van der Waals surface area contributed by atoms with Gasteiger partial charge in [-0.1, -0.05) is 15.9 Å². The lowest BCUT2D eigenvalue weighted by molar-refractivity contribution is 0.0942. The molecule has 2 aromatic rings. The van der Waals surface area contributed by atoms with Crippen molar-refractivity contribution in [1.29, 1.82) is 0 Å². The van der Waals surface area contributed by atoms with Gasteiger partial charge in [-0.2, -0.15) is 5.10 Å². The molecule has 1 heterocycles. The van der Waals surface area contributed by atoms with Crippen LogP contribution in [-0.4, -0.2) is 29.4 Å². The third kappa shape index (κ3) is 4.70. The van der Waals surface area contributed by atoms with Crippen molar-refractivity contribution in [2.45, 2.75) is 13.1 Å².